The van der Waals surface area contributed by atoms with Crippen molar-refractivity contribution in [2.45, 2.75) is 25.4 Å². The van der Waals surface area contributed by atoms with Gasteiger partial charge in [-0.1, -0.05) is 12.1 Å². The number of nitrogens with zero attached hydrogens (tertiary/aromatic N) is 2. The second kappa shape index (κ2) is 6.86. The highest BCUT2D eigenvalue weighted by molar-refractivity contribution is 7.09. The minimum atomic E-state index is -0.324. The van der Waals surface area contributed by atoms with Gasteiger partial charge in [0.25, 0.3) is 5.91 Å². The van der Waals surface area contributed by atoms with Crippen LogP contribution in [0.15, 0.2) is 29.6 Å². The van der Waals surface area contributed by atoms with Gasteiger partial charge in [0, 0.05) is 29.7 Å². The van der Waals surface area contributed by atoms with Gasteiger partial charge in [-0.25, -0.2) is 4.98 Å². The standard InChI is InChI=1S/C19H22N2O3S/c1-14-20-17(11-25-14)15-4-2-5-16(10-15)18(22)21-7-9-24-19(12-21)6-3-8-23-13-19/h2,4-5,10-11H,3,6-9,12-13H2,1H3. The van der Waals surface area contributed by atoms with Gasteiger partial charge in [-0.2, -0.15) is 0 Å². The summed E-state index contributed by atoms with van der Waals surface area (Å²) in [5, 5.41) is 3.06. The lowest BCUT2D eigenvalue weighted by molar-refractivity contribution is -0.160. The summed E-state index contributed by atoms with van der Waals surface area (Å²) in [6.07, 6.45) is 1.94. The Morgan fingerprint density at radius 3 is 3.04 bits per heavy atom. The molecule has 6 heteroatoms. The largest absolute Gasteiger partial charge is 0.378 e. The Kier molecular flexibility index (Phi) is 4.58. The first kappa shape index (κ1) is 16.7. The molecule has 2 aliphatic rings. The molecule has 2 fully saturated rings. The maximum Gasteiger partial charge on any atom is 0.254 e. The van der Waals surface area contributed by atoms with Gasteiger partial charge in [0.15, 0.2) is 0 Å². The number of benzene rings is 1. The number of carbonyl (C=O) groups excluding carboxylic acids is 1. The second-order valence-electron chi connectivity index (χ2n) is 6.75. The van der Waals surface area contributed by atoms with Crippen LogP contribution in [-0.2, 0) is 9.47 Å². The van der Waals surface area contributed by atoms with Crippen molar-refractivity contribution in [3.05, 3.63) is 40.2 Å². The molecule has 1 aromatic carbocycles. The fourth-order valence-electron chi connectivity index (χ4n) is 3.57. The number of morpholine rings is 1. The maximum absolute atomic E-state index is 13.0. The van der Waals surface area contributed by atoms with Crippen molar-refractivity contribution in [3.63, 3.8) is 0 Å². The third-order valence-corrected chi connectivity index (χ3v) is 5.62. The molecule has 5 nitrogen and oxygen atoms in total. The molecule has 3 heterocycles. The number of ether oxygens (including phenoxy) is 2. The van der Waals surface area contributed by atoms with Gasteiger partial charge in [-0.05, 0) is 31.9 Å². The molecule has 0 radical (unpaired) electrons. The number of carbonyl (C=O) groups is 1. The number of amides is 1. The van der Waals surface area contributed by atoms with Crippen molar-refractivity contribution in [1.29, 1.82) is 0 Å². The molecule has 132 valence electrons. The third-order valence-electron chi connectivity index (χ3n) is 4.85. The third kappa shape index (κ3) is 3.47. The monoisotopic (exact) mass is 358 g/mol. The Bertz CT molecular complexity index is 762. The molecular weight excluding hydrogens is 336 g/mol. The summed E-state index contributed by atoms with van der Waals surface area (Å²) in [6.45, 7) is 5.15. The Morgan fingerprint density at radius 1 is 1.36 bits per heavy atom. The van der Waals surface area contributed by atoms with Crippen LogP contribution in [0.4, 0.5) is 0 Å². The molecule has 25 heavy (non-hydrogen) atoms. The Morgan fingerprint density at radius 2 is 2.28 bits per heavy atom. The number of aromatic nitrogens is 1. The fourth-order valence-corrected chi connectivity index (χ4v) is 4.20. The summed E-state index contributed by atoms with van der Waals surface area (Å²) < 4.78 is 11.6. The zero-order chi connectivity index (χ0) is 17.3. The SMILES string of the molecule is Cc1nc(-c2cccc(C(=O)N3CCOC4(CCCOC4)C3)c2)cs1. The van der Waals surface area contributed by atoms with Gasteiger partial charge < -0.3 is 14.4 Å². The number of hydrogen-bond donors (Lipinski definition) is 0. The highest BCUT2D eigenvalue weighted by Gasteiger charge is 2.40. The van der Waals surface area contributed by atoms with Gasteiger partial charge in [-0.15, -0.1) is 11.3 Å². The van der Waals surface area contributed by atoms with Crippen molar-refractivity contribution >= 4 is 17.2 Å². The average molecular weight is 358 g/mol. The number of aryl methyl sites for hydroxylation is 1. The van der Waals surface area contributed by atoms with E-state index in [0.717, 1.165) is 35.7 Å². The van der Waals surface area contributed by atoms with Crippen LogP contribution in [0.1, 0.15) is 28.2 Å². The van der Waals surface area contributed by atoms with Gasteiger partial charge in [0.1, 0.15) is 5.60 Å². The van der Waals surface area contributed by atoms with E-state index in [4.69, 9.17) is 9.47 Å². The van der Waals surface area contributed by atoms with Crippen LogP contribution in [0.3, 0.4) is 0 Å². The first-order valence-corrected chi connectivity index (χ1v) is 9.57. The molecule has 0 saturated carbocycles. The minimum Gasteiger partial charge on any atom is -0.378 e. The molecule has 2 saturated heterocycles. The van der Waals surface area contributed by atoms with Crippen LogP contribution in [0.2, 0.25) is 0 Å². The van der Waals surface area contributed by atoms with E-state index in [1.165, 1.54) is 0 Å². The predicted octanol–water partition coefficient (Wildman–Crippen LogP) is 3.14. The van der Waals surface area contributed by atoms with E-state index in [9.17, 15) is 4.79 Å². The van der Waals surface area contributed by atoms with Crippen molar-refractivity contribution in [2.75, 3.05) is 32.9 Å². The highest BCUT2D eigenvalue weighted by Crippen LogP contribution is 2.29. The normalized spacial score (nSPS) is 23.8. The molecule has 0 aliphatic carbocycles. The van der Waals surface area contributed by atoms with Crippen LogP contribution in [0.5, 0.6) is 0 Å². The van der Waals surface area contributed by atoms with Crippen molar-refractivity contribution in [2.24, 2.45) is 0 Å². The minimum absolute atomic E-state index is 0.0575. The zero-order valence-electron chi connectivity index (χ0n) is 14.4. The summed E-state index contributed by atoms with van der Waals surface area (Å²) in [5.74, 6) is 0.0575. The summed E-state index contributed by atoms with van der Waals surface area (Å²) >= 11 is 1.62. The van der Waals surface area contributed by atoms with E-state index >= 15 is 0 Å². The first-order chi connectivity index (χ1) is 12.2. The predicted molar refractivity (Wildman–Crippen MR) is 96.9 cm³/mol. The summed E-state index contributed by atoms with van der Waals surface area (Å²) in [6, 6.07) is 7.75. The average Bonchev–Trinajstić information content (AvgIpc) is 3.08. The Balaban J connectivity index is 1.54. The quantitative estimate of drug-likeness (QED) is 0.828. The van der Waals surface area contributed by atoms with E-state index in [1.54, 1.807) is 11.3 Å². The molecule has 4 rings (SSSR count). The molecule has 1 atom stereocenters. The van der Waals surface area contributed by atoms with E-state index in [1.807, 2.05) is 41.5 Å². The first-order valence-electron chi connectivity index (χ1n) is 8.69. The van der Waals surface area contributed by atoms with Gasteiger partial charge in [0.2, 0.25) is 0 Å². The van der Waals surface area contributed by atoms with Gasteiger partial charge in [-0.3, -0.25) is 4.79 Å². The van der Waals surface area contributed by atoms with Gasteiger partial charge >= 0.3 is 0 Å². The molecule has 1 spiro atoms. The summed E-state index contributed by atoms with van der Waals surface area (Å²) in [5.41, 5.74) is 2.29. The van der Waals surface area contributed by atoms with Crippen molar-refractivity contribution in [3.8, 4) is 11.3 Å². The maximum atomic E-state index is 13.0. The van der Waals surface area contributed by atoms with Crippen molar-refractivity contribution in [1.82, 2.24) is 9.88 Å². The highest BCUT2D eigenvalue weighted by atomic mass is 32.1. The topological polar surface area (TPSA) is 51.7 Å². The fraction of sp³-hybridized carbons (Fsp3) is 0.474. The molecule has 2 aromatic rings. The van der Waals surface area contributed by atoms with Crippen LogP contribution < -0.4 is 0 Å². The molecule has 1 aromatic heterocycles. The number of rotatable bonds is 2. The van der Waals surface area contributed by atoms with Crippen LogP contribution in [-0.4, -0.2) is 54.3 Å². The van der Waals surface area contributed by atoms with Crippen LogP contribution >= 0.6 is 11.3 Å². The lowest BCUT2D eigenvalue weighted by atomic mass is 9.94. The zero-order valence-corrected chi connectivity index (χ0v) is 15.2. The van der Waals surface area contributed by atoms with E-state index in [0.29, 0.717) is 31.9 Å². The Labute approximate surface area is 151 Å². The molecule has 0 bridgehead atoms. The number of hydrogen-bond acceptors (Lipinski definition) is 5. The van der Waals surface area contributed by atoms with Crippen molar-refractivity contribution < 1.29 is 14.3 Å². The molecule has 2 aliphatic heterocycles. The summed E-state index contributed by atoms with van der Waals surface area (Å²) in [7, 11) is 0. The number of thiazole rings is 1. The molecule has 1 unspecified atom stereocenters. The lowest BCUT2D eigenvalue weighted by Crippen LogP contribution is -2.57. The van der Waals surface area contributed by atoms with Crippen LogP contribution in [0, 0.1) is 6.92 Å². The van der Waals surface area contributed by atoms with E-state index in [2.05, 4.69) is 4.98 Å². The molecule has 1 amide bonds. The molecule has 0 N–H and O–H groups in total. The lowest BCUT2D eigenvalue weighted by Gasteiger charge is -2.44. The second-order valence-corrected chi connectivity index (χ2v) is 7.81. The smallest absolute Gasteiger partial charge is 0.254 e. The Hall–Kier alpha value is -1.76. The van der Waals surface area contributed by atoms with E-state index < -0.39 is 0 Å². The van der Waals surface area contributed by atoms with E-state index in [-0.39, 0.29) is 11.5 Å². The van der Waals surface area contributed by atoms with Crippen LogP contribution in [0.25, 0.3) is 11.3 Å². The summed E-state index contributed by atoms with van der Waals surface area (Å²) in [4.78, 5) is 19.5. The molecular formula is C19H22N2O3S. The van der Waals surface area contributed by atoms with Gasteiger partial charge in [0.05, 0.1) is 30.5 Å².